The lowest BCUT2D eigenvalue weighted by Gasteiger charge is -2.25. The standard InChI is InChI=1S/C34H32N2O8S/c1-5-42-27-17-24(15-16-26(27)41-4)30-29(33(40)43-6-2)20(3)35-34-36(30)31(37)28(45-34)18-23-9-7-8-10-25(23)44-19-21-11-13-22(14-12-21)32(38)39/h7-18,30H,5-6,19H2,1-4H3,(H,38,39)/b28-18-/t30-/m1/s1. The molecule has 1 aliphatic rings. The second-order valence-corrected chi connectivity index (χ2v) is 11.0. The molecule has 5 rings (SSSR count). The van der Waals surface area contributed by atoms with E-state index < -0.39 is 18.0 Å². The Morgan fingerprint density at radius 2 is 1.73 bits per heavy atom. The molecular formula is C34H32N2O8S. The monoisotopic (exact) mass is 628 g/mol. The molecule has 0 fully saturated rings. The van der Waals surface area contributed by atoms with Gasteiger partial charge in [0.1, 0.15) is 12.4 Å². The molecule has 0 unspecified atom stereocenters. The van der Waals surface area contributed by atoms with Crippen molar-refractivity contribution in [3.63, 3.8) is 0 Å². The predicted octanol–water partition coefficient (Wildman–Crippen LogP) is 4.48. The summed E-state index contributed by atoms with van der Waals surface area (Å²) in [5.41, 5.74) is 2.69. The Bertz CT molecular complexity index is 1960. The normalized spacial score (nSPS) is 14.4. The summed E-state index contributed by atoms with van der Waals surface area (Å²) in [6.45, 7) is 6.09. The number of carbonyl (C=O) groups is 2. The van der Waals surface area contributed by atoms with Crippen LogP contribution in [-0.4, -0.2) is 41.9 Å². The van der Waals surface area contributed by atoms with Crippen molar-refractivity contribution in [2.24, 2.45) is 4.99 Å². The summed E-state index contributed by atoms with van der Waals surface area (Å²) in [7, 11) is 1.55. The number of aromatic nitrogens is 1. The first-order valence-electron chi connectivity index (χ1n) is 14.3. The van der Waals surface area contributed by atoms with Crippen molar-refractivity contribution in [2.45, 2.75) is 33.4 Å². The molecule has 2 heterocycles. The van der Waals surface area contributed by atoms with E-state index in [0.717, 1.165) is 5.56 Å². The minimum absolute atomic E-state index is 0.167. The molecule has 0 aliphatic carbocycles. The maximum absolute atomic E-state index is 14.1. The van der Waals surface area contributed by atoms with Gasteiger partial charge < -0.3 is 24.1 Å². The molecule has 0 bridgehead atoms. The van der Waals surface area contributed by atoms with Crippen molar-refractivity contribution in [3.8, 4) is 17.2 Å². The molecule has 0 saturated carbocycles. The summed E-state index contributed by atoms with van der Waals surface area (Å²) in [5, 5.41) is 9.16. The van der Waals surface area contributed by atoms with E-state index in [9.17, 15) is 14.4 Å². The van der Waals surface area contributed by atoms with Gasteiger partial charge in [-0.1, -0.05) is 47.7 Å². The molecule has 232 valence electrons. The van der Waals surface area contributed by atoms with Crippen molar-refractivity contribution >= 4 is 29.4 Å². The fraction of sp³-hybridized carbons (Fsp3) is 0.235. The van der Waals surface area contributed by atoms with Gasteiger partial charge in [0.2, 0.25) is 0 Å². The fourth-order valence-electron chi connectivity index (χ4n) is 5.02. The molecule has 1 aliphatic heterocycles. The minimum atomic E-state index is -0.997. The molecule has 0 saturated heterocycles. The van der Waals surface area contributed by atoms with Crippen LogP contribution in [0.25, 0.3) is 6.08 Å². The largest absolute Gasteiger partial charge is 0.493 e. The van der Waals surface area contributed by atoms with Crippen molar-refractivity contribution in [1.29, 1.82) is 0 Å². The van der Waals surface area contributed by atoms with Gasteiger partial charge in [-0.05, 0) is 68.3 Å². The first-order valence-corrected chi connectivity index (χ1v) is 15.1. The van der Waals surface area contributed by atoms with Gasteiger partial charge in [-0.2, -0.15) is 0 Å². The quantitative estimate of drug-likeness (QED) is 0.241. The summed E-state index contributed by atoms with van der Waals surface area (Å²) in [5.74, 6) is 0.00819. The lowest BCUT2D eigenvalue weighted by molar-refractivity contribution is -0.139. The van der Waals surface area contributed by atoms with Gasteiger partial charge in [0.05, 0.1) is 47.7 Å². The minimum Gasteiger partial charge on any atom is -0.493 e. The van der Waals surface area contributed by atoms with E-state index in [1.807, 2.05) is 25.1 Å². The zero-order valence-corrected chi connectivity index (χ0v) is 26.1. The number of para-hydroxylation sites is 1. The fourth-order valence-corrected chi connectivity index (χ4v) is 6.05. The molecular weight excluding hydrogens is 596 g/mol. The van der Waals surface area contributed by atoms with Crippen LogP contribution < -0.4 is 29.1 Å². The van der Waals surface area contributed by atoms with E-state index in [4.69, 9.17) is 24.1 Å². The number of thiazole rings is 1. The highest BCUT2D eigenvalue weighted by atomic mass is 32.1. The van der Waals surface area contributed by atoms with Crippen LogP contribution >= 0.6 is 11.3 Å². The lowest BCUT2D eigenvalue weighted by Crippen LogP contribution is -2.40. The number of rotatable bonds is 11. The average molecular weight is 629 g/mol. The Labute approximate surface area is 263 Å². The summed E-state index contributed by atoms with van der Waals surface area (Å²) < 4.78 is 24.7. The van der Waals surface area contributed by atoms with E-state index >= 15 is 0 Å². The molecule has 1 N–H and O–H groups in total. The number of fused-ring (bicyclic) bond motifs is 1. The number of hydrogen-bond acceptors (Lipinski definition) is 9. The number of allylic oxidation sites excluding steroid dienone is 1. The van der Waals surface area contributed by atoms with Crippen LogP contribution in [0.3, 0.4) is 0 Å². The molecule has 0 amide bonds. The summed E-state index contributed by atoms with van der Waals surface area (Å²) in [6.07, 6.45) is 1.74. The van der Waals surface area contributed by atoms with Gasteiger partial charge >= 0.3 is 11.9 Å². The van der Waals surface area contributed by atoms with E-state index in [0.29, 0.717) is 50.0 Å². The Morgan fingerprint density at radius 3 is 2.42 bits per heavy atom. The lowest BCUT2D eigenvalue weighted by atomic mass is 9.95. The first-order chi connectivity index (χ1) is 21.7. The van der Waals surface area contributed by atoms with Crippen molar-refractivity contribution < 1.29 is 33.6 Å². The van der Waals surface area contributed by atoms with Gasteiger partial charge in [0.15, 0.2) is 16.3 Å². The topological polar surface area (TPSA) is 126 Å². The predicted molar refractivity (Wildman–Crippen MR) is 169 cm³/mol. The Morgan fingerprint density at radius 1 is 0.978 bits per heavy atom. The highest BCUT2D eigenvalue weighted by molar-refractivity contribution is 7.07. The summed E-state index contributed by atoms with van der Waals surface area (Å²) in [6, 6.07) is 18.3. The van der Waals surface area contributed by atoms with E-state index in [1.165, 1.54) is 28.0 Å². The van der Waals surface area contributed by atoms with Gasteiger partial charge in [0.25, 0.3) is 5.56 Å². The van der Waals surface area contributed by atoms with Crippen LogP contribution in [0.4, 0.5) is 0 Å². The smallest absolute Gasteiger partial charge is 0.338 e. The van der Waals surface area contributed by atoms with E-state index in [2.05, 4.69) is 4.99 Å². The zero-order chi connectivity index (χ0) is 32.1. The third-order valence-corrected chi connectivity index (χ3v) is 8.10. The second kappa shape index (κ2) is 13.6. The second-order valence-electron chi connectivity index (χ2n) is 9.97. The summed E-state index contributed by atoms with van der Waals surface area (Å²) >= 11 is 1.21. The average Bonchev–Trinajstić information content (AvgIpc) is 3.34. The highest BCUT2D eigenvalue weighted by Crippen LogP contribution is 2.36. The van der Waals surface area contributed by atoms with Crippen molar-refractivity contribution in [1.82, 2.24) is 4.57 Å². The number of hydrogen-bond donors (Lipinski definition) is 1. The SMILES string of the molecule is CCOC(=O)C1=C(C)N=c2s/c(=C\c3ccccc3OCc3ccc(C(=O)O)cc3)c(=O)n2[C@@H]1c1ccc(OC)c(OCC)c1. The highest BCUT2D eigenvalue weighted by Gasteiger charge is 2.34. The number of aromatic carboxylic acids is 1. The molecule has 11 heteroatoms. The van der Waals surface area contributed by atoms with Gasteiger partial charge in [-0.25, -0.2) is 14.6 Å². The molecule has 0 radical (unpaired) electrons. The number of esters is 1. The third-order valence-electron chi connectivity index (χ3n) is 7.12. The molecule has 0 spiro atoms. The van der Waals surface area contributed by atoms with Crippen LogP contribution in [0.1, 0.15) is 53.9 Å². The number of nitrogens with zero attached hydrogens (tertiary/aromatic N) is 2. The molecule has 1 atom stereocenters. The first kappa shape index (κ1) is 31.3. The van der Waals surface area contributed by atoms with E-state index in [1.54, 1.807) is 63.4 Å². The molecule has 45 heavy (non-hydrogen) atoms. The maximum Gasteiger partial charge on any atom is 0.338 e. The molecule has 1 aromatic heterocycles. The van der Waals surface area contributed by atoms with Crippen LogP contribution in [0.2, 0.25) is 0 Å². The maximum atomic E-state index is 14.1. The van der Waals surface area contributed by atoms with Crippen molar-refractivity contribution in [2.75, 3.05) is 20.3 Å². The number of benzene rings is 3. The van der Waals surface area contributed by atoms with Crippen LogP contribution in [-0.2, 0) is 16.1 Å². The van der Waals surface area contributed by atoms with Crippen LogP contribution in [0.15, 0.2) is 87.8 Å². The van der Waals surface area contributed by atoms with Crippen molar-refractivity contribution in [3.05, 3.63) is 120 Å². The molecule has 10 nitrogen and oxygen atoms in total. The number of carboxylic acids is 1. The third kappa shape index (κ3) is 6.53. The number of ether oxygens (including phenoxy) is 4. The zero-order valence-electron chi connectivity index (χ0n) is 25.2. The Balaban J connectivity index is 1.58. The van der Waals surface area contributed by atoms with E-state index in [-0.39, 0.29) is 29.9 Å². The number of carbonyl (C=O) groups excluding carboxylic acids is 1. The Kier molecular flexibility index (Phi) is 9.48. The summed E-state index contributed by atoms with van der Waals surface area (Å²) in [4.78, 5) is 43.6. The number of carboxylic acid groups (broad SMARTS) is 1. The number of methoxy groups -OCH3 is 1. The van der Waals surface area contributed by atoms with Crippen LogP contribution in [0.5, 0.6) is 17.2 Å². The van der Waals surface area contributed by atoms with Gasteiger partial charge in [-0.3, -0.25) is 9.36 Å². The molecule has 3 aromatic carbocycles. The van der Waals surface area contributed by atoms with Crippen LogP contribution in [0, 0.1) is 0 Å². The van der Waals surface area contributed by atoms with Gasteiger partial charge in [-0.15, -0.1) is 0 Å². The van der Waals surface area contributed by atoms with Gasteiger partial charge in [0, 0.05) is 5.56 Å². The molecule has 4 aromatic rings. The Hall–Kier alpha value is -5.16.